The molecule has 0 spiro atoms. The second-order valence-electron chi connectivity index (χ2n) is 11.5. The number of aliphatic imine (C=N–C) groups is 2. The molecule has 0 heterocycles. The molecule has 0 atom stereocenters. The summed E-state index contributed by atoms with van der Waals surface area (Å²) in [5.74, 6) is -1.30. The first-order chi connectivity index (χ1) is 24.2. The van der Waals surface area contributed by atoms with Gasteiger partial charge in [-0.25, -0.2) is 34.0 Å². The molecule has 0 aromatic carbocycles. The lowest BCUT2D eigenvalue weighted by atomic mass is 10.2. The van der Waals surface area contributed by atoms with Crippen molar-refractivity contribution in [3.63, 3.8) is 0 Å². The lowest BCUT2D eigenvalue weighted by Gasteiger charge is -2.21. The van der Waals surface area contributed by atoms with Gasteiger partial charge in [0.15, 0.2) is 6.10 Å². The Morgan fingerprint density at radius 3 is 1.56 bits per heavy atom. The number of rotatable bonds is 34. The van der Waals surface area contributed by atoms with Gasteiger partial charge in [-0.15, -0.1) is 0 Å². The van der Waals surface area contributed by atoms with E-state index in [4.69, 9.17) is 23.9 Å². The SMILES string of the molecule is C=C(C)C(=O)OCC(COC(=O)C(=C)C)OC(=O)NCCCCCCN(OCNCCCCCCN=C=O)OCNCCCCCCN=C=O. The summed E-state index contributed by atoms with van der Waals surface area (Å²) in [6.07, 6.45) is 12.3. The van der Waals surface area contributed by atoms with Crippen molar-refractivity contribution in [3.05, 3.63) is 24.3 Å². The highest BCUT2D eigenvalue weighted by Crippen LogP contribution is 2.06. The number of alkyl carbamates (subject to hydrolysis) is 1. The molecule has 0 aliphatic carbocycles. The minimum absolute atomic E-state index is 0.186. The lowest BCUT2D eigenvalue weighted by Crippen LogP contribution is -2.36. The monoisotopic (exact) mass is 710 g/mol. The Kier molecular flexibility index (Phi) is 31.2. The van der Waals surface area contributed by atoms with E-state index in [9.17, 15) is 24.0 Å². The fourth-order valence-corrected chi connectivity index (χ4v) is 4.03. The zero-order valence-corrected chi connectivity index (χ0v) is 30.0. The second-order valence-corrected chi connectivity index (χ2v) is 11.5. The molecule has 0 fully saturated rings. The van der Waals surface area contributed by atoms with E-state index in [2.05, 4.69) is 39.1 Å². The maximum atomic E-state index is 12.3. The molecule has 0 saturated heterocycles. The van der Waals surface area contributed by atoms with Gasteiger partial charge in [0, 0.05) is 17.7 Å². The number of nitrogens with one attached hydrogen (secondary N) is 3. The van der Waals surface area contributed by atoms with Crippen molar-refractivity contribution < 1.29 is 47.9 Å². The predicted octanol–water partition coefficient (Wildman–Crippen LogP) is 3.93. The molecule has 284 valence electrons. The quantitative estimate of drug-likeness (QED) is 0.0127. The first kappa shape index (κ1) is 46.2. The molecule has 3 N–H and O–H groups in total. The normalized spacial score (nSPS) is 10.6. The van der Waals surface area contributed by atoms with Crippen molar-refractivity contribution >= 4 is 30.2 Å². The van der Waals surface area contributed by atoms with Gasteiger partial charge < -0.3 is 19.5 Å². The van der Waals surface area contributed by atoms with Crippen molar-refractivity contribution in [3.8, 4) is 0 Å². The summed E-state index contributed by atoms with van der Waals surface area (Å²) < 4.78 is 15.4. The summed E-state index contributed by atoms with van der Waals surface area (Å²) >= 11 is 0. The molecule has 0 aromatic heterocycles. The van der Waals surface area contributed by atoms with Crippen LogP contribution >= 0.6 is 0 Å². The molecule has 0 radical (unpaired) electrons. The maximum Gasteiger partial charge on any atom is 0.407 e. The van der Waals surface area contributed by atoms with E-state index >= 15 is 0 Å². The third-order valence-electron chi connectivity index (χ3n) is 6.81. The molecule has 0 bridgehead atoms. The number of esters is 2. The van der Waals surface area contributed by atoms with E-state index in [1.54, 1.807) is 12.2 Å². The van der Waals surface area contributed by atoms with E-state index in [0.29, 0.717) is 46.1 Å². The third kappa shape index (κ3) is 30.3. The molecule has 0 aromatic rings. The van der Waals surface area contributed by atoms with Gasteiger partial charge >= 0.3 is 18.0 Å². The minimum Gasteiger partial charge on any atom is -0.458 e. The number of unbranched alkanes of at least 4 members (excludes halogenated alkanes) is 9. The molecule has 0 aliphatic rings. The van der Waals surface area contributed by atoms with Crippen LogP contribution in [0.25, 0.3) is 0 Å². The van der Waals surface area contributed by atoms with Crippen molar-refractivity contribution in [1.29, 1.82) is 0 Å². The van der Waals surface area contributed by atoms with Gasteiger partial charge in [-0.05, 0) is 65.5 Å². The maximum absolute atomic E-state index is 12.3. The van der Waals surface area contributed by atoms with Crippen LogP contribution in [0, 0.1) is 0 Å². The number of carbonyl (C=O) groups is 3. The van der Waals surface area contributed by atoms with Crippen LogP contribution < -0.4 is 16.0 Å². The van der Waals surface area contributed by atoms with Crippen LogP contribution in [0.3, 0.4) is 0 Å². The van der Waals surface area contributed by atoms with Crippen LogP contribution in [0.2, 0.25) is 0 Å². The lowest BCUT2D eigenvalue weighted by molar-refractivity contribution is -0.373. The molecule has 50 heavy (non-hydrogen) atoms. The first-order valence-electron chi connectivity index (χ1n) is 17.3. The topological polar surface area (TPSA) is 196 Å². The number of amides is 1. The number of ether oxygens (including phenoxy) is 3. The van der Waals surface area contributed by atoms with Crippen molar-refractivity contribution in [2.24, 2.45) is 9.98 Å². The number of hydroxylamine groups is 2. The highest BCUT2D eigenvalue weighted by atomic mass is 17.0. The summed E-state index contributed by atoms with van der Waals surface area (Å²) in [7, 11) is 0. The fraction of sp³-hybridized carbons (Fsp3) is 0.735. The molecular formula is C34H58N6O10. The van der Waals surface area contributed by atoms with E-state index in [1.807, 2.05) is 0 Å². The zero-order chi connectivity index (χ0) is 37.1. The third-order valence-corrected chi connectivity index (χ3v) is 6.81. The van der Waals surface area contributed by atoms with Gasteiger partial charge in [0.05, 0.1) is 19.6 Å². The molecule has 0 unspecified atom stereocenters. The predicted molar refractivity (Wildman–Crippen MR) is 186 cm³/mol. The van der Waals surface area contributed by atoms with Crippen LogP contribution in [0.1, 0.15) is 90.9 Å². The Balaban J connectivity index is 4.44. The summed E-state index contributed by atoms with van der Waals surface area (Å²) in [4.78, 5) is 74.7. The minimum atomic E-state index is -1.000. The summed E-state index contributed by atoms with van der Waals surface area (Å²) in [5.41, 5.74) is 0.372. The average molecular weight is 711 g/mol. The number of carbonyl (C=O) groups excluding carboxylic acids is 5. The van der Waals surface area contributed by atoms with E-state index in [-0.39, 0.29) is 24.4 Å². The second kappa shape index (κ2) is 33.7. The van der Waals surface area contributed by atoms with E-state index < -0.39 is 24.1 Å². The first-order valence-corrected chi connectivity index (χ1v) is 17.3. The summed E-state index contributed by atoms with van der Waals surface area (Å²) in [5, 5.41) is 10.6. The van der Waals surface area contributed by atoms with Gasteiger partial charge in [0.1, 0.15) is 26.7 Å². The Morgan fingerprint density at radius 2 is 1.10 bits per heavy atom. The van der Waals surface area contributed by atoms with Crippen LogP contribution in [-0.2, 0) is 43.1 Å². The van der Waals surface area contributed by atoms with E-state index in [0.717, 1.165) is 83.7 Å². The Morgan fingerprint density at radius 1 is 0.660 bits per heavy atom. The Bertz CT molecular complexity index is 997. The summed E-state index contributed by atoms with van der Waals surface area (Å²) in [6.45, 7) is 13.5. The molecule has 0 aliphatic heterocycles. The number of isocyanates is 2. The van der Waals surface area contributed by atoms with Crippen molar-refractivity contribution in [1.82, 2.24) is 21.2 Å². The zero-order valence-electron chi connectivity index (χ0n) is 30.0. The van der Waals surface area contributed by atoms with Gasteiger partial charge in [0.25, 0.3) is 0 Å². The number of hydrogen-bond acceptors (Lipinski definition) is 15. The highest BCUT2D eigenvalue weighted by molar-refractivity contribution is 5.87. The largest absolute Gasteiger partial charge is 0.458 e. The van der Waals surface area contributed by atoms with Gasteiger partial charge in [-0.3, -0.25) is 20.3 Å². The van der Waals surface area contributed by atoms with E-state index in [1.165, 1.54) is 19.1 Å². The molecule has 0 rings (SSSR count). The molecule has 16 heteroatoms. The van der Waals surface area contributed by atoms with Crippen LogP contribution in [0.4, 0.5) is 4.79 Å². The van der Waals surface area contributed by atoms with Crippen molar-refractivity contribution in [2.75, 3.05) is 65.9 Å². The number of nitrogens with zero attached hydrogens (tertiary/aromatic N) is 3. The van der Waals surface area contributed by atoms with Crippen LogP contribution in [0.15, 0.2) is 34.3 Å². The summed E-state index contributed by atoms with van der Waals surface area (Å²) in [6, 6.07) is 0. The molecule has 0 saturated carbocycles. The van der Waals surface area contributed by atoms with Gasteiger partial charge in [-0.2, -0.15) is 0 Å². The highest BCUT2D eigenvalue weighted by Gasteiger charge is 2.20. The number of hydrogen-bond donors (Lipinski definition) is 3. The Labute approximate surface area is 296 Å². The van der Waals surface area contributed by atoms with Gasteiger partial charge in [0.2, 0.25) is 12.2 Å². The fourth-order valence-electron chi connectivity index (χ4n) is 4.03. The molecule has 1 amide bonds. The molecule has 16 nitrogen and oxygen atoms in total. The smallest absolute Gasteiger partial charge is 0.407 e. The van der Waals surface area contributed by atoms with Gasteiger partial charge in [-0.1, -0.05) is 56.9 Å². The standard InChI is InChI=1S/C34H58N6O10/c1-29(2)32(43)46-23-31(24-47-33(44)30(3)4)50-34(45)39-21-15-9-10-16-22-40(48-27-37-19-13-7-5-11-17-35-25-41)49-28-38-20-14-8-6-12-18-36-26-42/h31,37-38H,1,3,5-24,27-28H2,2,4H3,(H,39,45). The van der Waals surface area contributed by atoms with Crippen LogP contribution in [0.5, 0.6) is 0 Å². The molecular weight excluding hydrogens is 652 g/mol. The Hall–Kier alpha value is -3.75. The van der Waals surface area contributed by atoms with Crippen LogP contribution in [-0.4, -0.2) is 107 Å². The average Bonchev–Trinajstić information content (AvgIpc) is 3.09. The van der Waals surface area contributed by atoms with Crippen molar-refractivity contribution in [2.45, 2.75) is 97.0 Å².